The molecule has 0 unspecified atom stereocenters. The second-order valence-electron chi connectivity index (χ2n) is 10.6. The summed E-state index contributed by atoms with van der Waals surface area (Å²) in [4.78, 5) is 32.4. The van der Waals surface area contributed by atoms with E-state index in [1.807, 2.05) is 30.9 Å². The van der Waals surface area contributed by atoms with E-state index in [2.05, 4.69) is 67.1 Å². The Hall–Kier alpha value is -2.84. The molecule has 8 heteroatoms. The largest absolute Gasteiger partial charge is 0.396 e. The summed E-state index contributed by atoms with van der Waals surface area (Å²) in [6.45, 7) is 10.4. The van der Waals surface area contributed by atoms with E-state index in [1.54, 1.807) is 12.4 Å². The molecule has 0 bridgehead atoms. The fourth-order valence-corrected chi connectivity index (χ4v) is 6.08. The van der Waals surface area contributed by atoms with Crippen LogP contribution in [-0.2, 0) is 4.84 Å². The molecule has 2 fully saturated rings. The highest BCUT2D eigenvalue weighted by molar-refractivity contribution is 9.10. The first kappa shape index (κ1) is 26.8. The average molecular weight is 579 g/mol. The summed E-state index contributed by atoms with van der Waals surface area (Å²) in [7, 11) is 0. The van der Waals surface area contributed by atoms with Crippen LogP contribution in [0.15, 0.2) is 58.4 Å². The minimum atomic E-state index is 0.0767. The zero-order valence-electron chi connectivity index (χ0n) is 22.5. The van der Waals surface area contributed by atoms with Gasteiger partial charge in [-0.15, -0.1) is 0 Å². The molecule has 0 atom stereocenters. The Bertz CT molecular complexity index is 1310. The van der Waals surface area contributed by atoms with Crippen molar-refractivity contribution >= 4 is 38.5 Å². The molecular formula is C30H36BrN5O2. The average Bonchev–Trinajstić information content (AvgIpc) is 2.94. The molecule has 0 radical (unpaired) electrons. The van der Waals surface area contributed by atoms with E-state index in [0.717, 1.165) is 84.2 Å². The van der Waals surface area contributed by atoms with Crippen LogP contribution in [0.4, 0.5) is 0 Å². The van der Waals surface area contributed by atoms with Crippen LogP contribution >= 0.6 is 15.9 Å². The van der Waals surface area contributed by atoms with E-state index in [0.29, 0.717) is 18.1 Å². The number of nitrogens with zero attached hydrogens (tertiary/aromatic N) is 5. The van der Waals surface area contributed by atoms with E-state index in [1.165, 1.54) is 0 Å². The number of fused-ring (bicyclic) bond motifs is 1. The van der Waals surface area contributed by atoms with Gasteiger partial charge in [0, 0.05) is 46.8 Å². The quantitative estimate of drug-likeness (QED) is 0.271. The topological polar surface area (TPSA) is 70.9 Å². The number of amides is 1. The molecule has 200 valence electrons. The number of piperidine rings is 2. The van der Waals surface area contributed by atoms with Crippen molar-refractivity contribution in [3.05, 3.63) is 70.1 Å². The Kier molecular flexibility index (Phi) is 8.09. The molecule has 1 amide bonds. The van der Waals surface area contributed by atoms with Gasteiger partial charge in [0.25, 0.3) is 5.91 Å². The molecule has 4 heterocycles. The van der Waals surface area contributed by atoms with Gasteiger partial charge < -0.3 is 9.74 Å². The molecule has 7 nitrogen and oxygen atoms in total. The maximum atomic E-state index is 13.4. The summed E-state index contributed by atoms with van der Waals surface area (Å²) in [5.41, 5.74) is 4.62. The monoisotopic (exact) mass is 577 g/mol. The van der Waals surface area contributed by atoms with Gasteiger partial charge >= 0.3 is 0 Å². The maximum absolute atomic E-state index is 13.4. The molecule has 2 aromatic heterocycles. The van der Waals surface area contributed by atoms with Crippen molar-refractivity contribution in [3.63, 3.8) is 0 Å². The predicted octanol–water partition coefficient (Wildman–Crippen LogP) is 5.85. The SMILES string of the molecule is CCO/N=C(\c1ccc(Br)cc1)C1CCN(C2(C)CCN(C(=O)c3cc4cnccc4nc3C)CC2)CC1. The van der Waals surface area contributed by atoms with Gasteiger partial charge in [0.2, 0.25) is 0 Å². The molecule has 0 N–H and O–H groups in total. The summed E-state index contributed by atoms with van der Waals surface area (Å²) in [5, 5.41) is 5.44. The van der Waals surface area contributed by atoms with Crippen molar-refractivity contribution < 1.29 is 9.63 Å². The lowest BCUT2D eigenvalue weighted by Crippen LogP contribution is -2.56. The summed E-state index contributed by atoms with van der Waals surface area (Å²) < 4.78 is 1.06. The van der Waals surface area contributed by atoms with Crippen LogP contribution in [0.2, 0.25) is 0 Å². The highest BCUT2D eigenvalue weighted by atomic mass is 79.9. The highest BCUT2D eigenvalue weighted by Gasteiger charge is 2.39. The first-order valence-corrected chi connectivity index (χ1v) is 14.4. The van der Waals surface area contributed by atoms with Crippen molar-refractivity contribution in [1.29, 1.82) is 0 Å². The van der Waals surface area contributed by atoms with Crippen LogP contribution in [0, 0.1) is 12.8 Å². The summed E-state index contributed by atoms with van der Waals surface area (Å²) in [6, 6.07) is 12.2. The van der Waals surface area contributed by atoms with E-state index >= 15 is 0 Å². The fourth-order valence-electron chi connectivity index (χ4n) is 5.82. The highest BCUT2D eigenvalue weighted by Crippen LogP contribution is 2.34. The second kappa shape index (κ2) is 11.5. The third-order valence-corrected chi connectivity index (χ3v) is 8.77. The van der Waals surface area contributed by atoms with E-state index < -0.39 is 0 Å². The lowest BCUT2D eigenvalue weighted by Gasteiger charge is -2.49. The molecule has 0 saturated carbocycles. The van der Waals surface area contributed by atoms with E-state index in [-0.39, 0.29) is 11.4 Å². The second-order valence-corrected chi connectivity index (χ2v) is 11.6. The summed E-state index contributed by atoms with van der Waals surface area (Å²) in [5.74, 6) is 0.454. The Labute approximate surface area is 233 Å². The van der Waals surface area contributed by atoms with E-state index in [9.17, 15) is 4.79 Å². The summed E-state index contributed by atoms with van der Waals surface area (Å²) >= 11 is 3.53. The van der Waals surface area contributed by atoms with E-state index in [4.69, 9.17) is 4.84 Å². The fraction of sp³-hybridized carbons (Fsp3) is 0.467. The van der Waals surface area contributed by atoms with Crippen molar-refractivity contribution in [2.45, 2.75) is 52.0 Å². The zero-order chi connectivity index (χ0) is 26.7. The third-order valence-electron chi connectivity index (χ3n) is 8.24. The zero-order valence-corrected chi connectivity index (χ0v) is 24.1. The number of carbonyl (C=O) groups excluding carboxylic acids is 1. The molecule has 38 heavy (non-hydrogen) atoms. The van der Waals surface area contributed by atoms with Gasteiger partial charge in [0.1, 0.15) is 6.61 Å². The number of rotatable bonds is 6. The number of benzene rings is 1. The standard InChI is InChI=1S/C30H36BrN5O2/c1-4-38-34-28(22-5-7-25(31)8-6-22)23-10-15-36(16-11-23)30(3)12-17-35(18-13-30)29(37)26-19-24-20-32-14-9-27(24)33-21(26)2/h5-9,14,19-20,23H,4,10-13,15-18H2,1-3H3/b34-28+. The third kappa shape index (κ3) is 5.61. The molecule has 1 aromatic carbocycles. The van der Waals surface area contributed by atoms with Crippen LogP contribution in [0.3, 0.4) is 0 Å². The number of carbonyl (C=O) groups is 1. The van der Waals surface area contributed by atoms with Crippen molar-refractivity contribution in [1.82, 2.24) is 19.8 Å². The molecule has 0 aliphatic carbocycles. The minimum absolute atomic E-state index is 0.0767. The van der Waals surface area contributed by atoms with Gasteiger partial charge in [-0.2, -0.15) is 0 Å². The Balaban J connectivity index is 1.21. The molecule has 3 aromatic rings. The number of pyridine rings is 2. The van der Waals surface area contributed by atoms with Gasteiger partial charge in [-0.3, -0.25) is 19.7 Å². The maximum Gasteiger partial charge on any atom is 0.255 e. The number of hydrogen-bond acceptors (Lipinski definition) is 6. The van der Waals surface area contributed by atoms with Crippen molar-refractivity contribution in [2.75, 3.05) is 32.8 Å². The first-order valence-electron chi connectivity index (χ1n) is 13.6. The van der Waals surface area contributed by atoms with Gasteiger partial charge in [0.15, 0.2) is 0 Å². The lowest BCUT2D eigenvalue weighted by molar-refractivity contribution is 0.0161. The molecule has 2 aliphatic heterocycles. The predicted molar refractivity (Wildman–Crippen MR) is 154 cm³/mol. The molecule has 5 rings (SSSR count). The van der Waals surface area contributed by atoms with Gasteiger partial charge in [-0.05, 0) is 89.4 Å². The van der Waals surface area contributed by atoms with Crippen LogP contribution in [-0.4, -0.2) is 69.7 Å². The number of halogens is 1. The number of hydrogen-bond donors (Lipinski definition) is 0. The van der Waals surface area contributed by atoms with Gasteiger partial charge in [-0.1, -0.05) is 33.2 Å². The smallest absolute Gasteiger partial charge is 0.255 e. The van der Waals surface area contributed by atoms with Crippen LogP contribution < -0.4 is 0 Å². The Morgan fingerprint density at radius 1 is 1.13 bits per heavy atom. The lowest BCUT2D eigenvalue weighted by atomic mass is 9.82. The molecule has 2 aliphatic rings. The summed E-state index contributed by atoms with van der Waals surface area (Å²) in [6.07, 6.45) is 7.55. The first-order chi connectivity index (χ1) is 18.4. The molecule has 2 saturated heterocycles. The molecular weight excluding hydrogens is 542 g/mol. The minimum Gasteiger partial charge on any atom is -0.396 e. The number of aryl methyl sites for hydroxylation is 1. The normalized spacial score (nSPS) is 19.1. The van der Waals surface area contributed by atoms with Crippen LogP contribution in [0.25, 0.3) is 10.9 Å². The number of oxime groups is 1. The number of aromatic nitrogens is 2. The molecule has 0 spiro atoms. The van der Waals surface area contributed by atoms with Gasteiger partial charge in [-0.25, -0.2) is 0 Å². The van der Waals surface area contributed by atoms with Gasteiger partial charge in [0.05, 0.1) is 22.5 Å². The van der Waals surface area contributed by atoms with Crippen LogP contribution in [0.5, 0.6) is 0 Å². The number of likely N-dealkylation sites (tertiary alicyclic amines) is 2. The Morgan fingerprint density at radius 3 is 2.53 bits per heavy atom. The van der Waals surface area contributed by atoms with Crippen molar-refractivity contribution in [3.8, 4) is 0 Å². The van der Waals surface area contributed by atoms with Crippen LogP contribution in [0.1, 0.15) is 61.1 Å². The van der Waals surface area contributed by atoms with Crippen molar-refractivity contribution in [2.24, 2.45) is 11.1 Å². The Morgan fingerprint density at radius 2 is 1.84 bits per heavy atom.